The van der Waals surface area contributed by atoms with Gasteiger partial charge in [-0.25, -0.2) is 4.98 Å². The Balaban J connectivity index is 1.58. The minimum atomic E-state index is 0.489. The number of guanidine groups is 1. The number of aromatic nitrogens is 1. The van der Waals surface area contributed by atoms with Crippen molar-refractivity contribution in [2.75, 3.05) is 11.9 Å². The Kier molecular flexibility index (Phi) is 5.51. The van der Waals surface area contributed by atoms with E-state index in [0.29, 0.717) is 18.4 Å². The van der Waals surface area contributed by atoms with Crippen molar-refractivity contribution < 1.29 is 0 Å². The van der Waals surface area contributed by atoms with Crippen molar-refractivity contribution in [3.63, 3.8) is 0 Å². The zero-order valence-corrected chi connectivity index (χ0v) is 15.3. The predicted molar refractivity (Wildman–Crippen MR) is 103 cm³/mol. The summed E-state index contributed by atoms with van der Waals surface area (Å²) < 4.78 is 0. The molecule has 3 rings (SSSR count). The number of nitrogens with two attached hydrogens (primary N) is 1. The Bertz CT molecular complexity index is 718. The zero-order valence-electron chi connectivity index (χ0n) is 14.5. The van der Waals surface area contributed by atoms with Crippen LogP contribution in [0.15, 0.2) is 28.6 Å². The molecule has 0 amide bonds. The third-order valence-corrected chi connectivity index (χ3v) is 5.57. The smallest absolute Gasteiger partial charge is 0.193 e. The number of hydrogen-bond acceptors (Lipinski definition) is 3. The average Bonchev–Trinajstić information content (AvgIpc) is 3.04. The second-order valence-electron chi connectivity index (χ2n) is 6.62. The summed E-state index contributed by atoms with van der Waals surface area (Å²) in [5.74, 6) is 0.983. The SMILES string of the molecule is CC(C)c1nc(CCN=C(N)Nc2cccc3c2CCCC3)cs1. The molecule has 1 aliphatic carbocycles. The van der Waals surface area contributed by atoms with Crippen LogP contribution in [-0.2, 0) is 19.3 Å². The number of rotatable bonds is 5. The number of fused-ring (bicyclic) bond motifs is 1. The molecule has 2 aromatic rings. The van der Waals surface area contributed by atoms with Crippen LogP contribution in [0.4, 0.5) is 5.69 Å². The molecule has 4 nitrogen and oxygen atoms in total. The topological polar surface area (TPSA) is 63.3 Å². The van der Waals surface area contributed by atoms with Gasteiger partial charge in [-0.05, 0) is 42.9 Å². The van der Waals surface area contributed by atoms with Gasteiger partial charge in [0, 0.05) is 30.0 Å². The van der Waals surface area contributed by atoms with E-state index in [2.05, 4.69) is 52.7 Å². The molecule has 0 aliphatic heterocycles. The second-order valence-corrected chi connectivity index (χ2v) is 7.51. The van der Waals surface area contributed by atoms with E-state index in [4.69, 9.17) is 5.73 Å². The predicted octanol–water partition coefficient (Wildman–Crippen LogP) is 4.11. The maximum absolute atomic E-state index is 6.08. The molecule has 0 radical (unpaired) electrons. The number of nitrogens with zero attached hydrogens (tertiary/aromatic N) is 2. The van der Waals surface area contributed by atoms with Crippen LogP contribution in [0.1, 0.15) is 54.4 Å². The van der Waals surface area contributed by atoms with Crippen LogP contribution in [0.2, 0.25) is 0 Å². The van der Waals surface area contributed by atoms with E-state index < -0.39 is 0 Å². The molecule has 5 heteroatoms. The summed E-state index contributed by atoms with van der Waals surface area (Å²) in [5, 5.41) is 6.61. The average molecular weight is 343 g/mol. The van der Waals surface area contributed by atoms with Crippen molar-refractivity contribution in [1.29, 1.82) is 0 Å². The van der Waals surface area contributed by atoms with Crippen molar-refractivity contribution in [3.8, 4) is 0 Å². The van der Waals surface area contributed by atoms with Gasteiger partial charge in [-0.1, -0.05) is 26.0 Å². The van der Waals surface area contributed by atoms with Gasteiger partial charge in [-0.3, -0.25) is 4.99 Å². The first-order valence-electron chi connectivity index (χ1n) is 8.75. The summed E-state index contributed by atoms with van der Waals surface area (Å²) in [4.78, 5) is 9.10. The van der Waals surface area contributed by atoms with Gasteiger partial charge >= 0.3 is 0 Å². The lowest BCUT2D eigenvalue weighted by Crippen LogP contribution is -2.24. The fourth-order valence-electron chi connectivity index (χ4n) is 3.07. The number of aliphatic imine (C=N–C) groups is 1. The molecule has 1 aromatic heterocycles. The quantitative estimate of drug-likeness (QED) is 0.635. The summed E-state index contributed by atoms with van der Waals surface area (Å²) in [5.41, 5.74) is 11.2. The molecule has 0 saturated carbocycles. The molecule has 1 heterocycles. The van der Waals surface area contributed by atoms with Gasteiger partial charge in [0.2, 0.25) is 0 Å². The molecule has 1 aliphatic rings. The number of hydrogen-bond donors (Lipinski definition) is 2. The Labute approximate surface area is 148 Å². The maximum atomic E-state index is 6.08. The normalized spacial score (nSPS) is 14.7. The van der Waals surface area contributed by atoms with Crippen molar-refractivity contribution in [1.82, 2.24) is 4.98 Å². The van der Waals surface area contributed by atoms with E-state index in [1.54, 1.807) is 11.3 Å². The van der Waals surface area contributed by atoms with Crippen LogP contribution in [0.25, 0.3) is 0 Å². The fourth-order valence-corrected chi connectivity index (χ4v) is 3.94. The van der Waals surface area contributed by atoms with Crippen LogP contribution >= 0.6 is 11.3 Å². The van der Waals surface area contributed by atoms with Gasteiger partial charge in [0.15, 0.2) is 5.96 Å². The van der Waals surface area contributed by atoms with Gasteiger partial charge < -0.3 is 11.1 Å². The zero-order chi connectivity index (χ0) is 16.9. The standard InChI is InChI=1S/C19H26N4S/c1-13(2)18-22-15(12-24-18)10-11-21-19(20)23-17-9-5-7-14-6-3-4-8-16(14)17/h5,7,9,12-13H,3-4,6,8,10-11H2,1-2H3,(H3,20,21,23). The van der Waals surface area contributed by atoms with E-state index in [-0.39, 0.29) is 0 Å². The molecule has 0 unspecified atom stereocenters. The highest BCUT2D eigenvalue weighted by Crippen LogP contribution is 2.27. The third-order valence-electron chi connectivity index (χ3n) is 4.37. The van der Waals surface area contributed by atoms with E-state index in [1.165, 1.54) is 35.4 Å². The molecule has 24 heavy (non-hydrogen) atoms. The summed E-state index contributed by atoms with van der Waals surface area (Å²) in [6.07, 6.45) is 5.67. The minimum Gasteiger partial charge on any atom is -0.370 e. The van der Waals surface area contributed by atoms with Crippen molar-refractivity contribution in [3.05, 3.63) is 45.4 Å². The lowest BCUT2D eigenvalue weighted by atomic mass is 9.90. The van der Waals surface area contributed by atoms with Crippen molar-refractivity contribution in [2.45, 2.75) is 51.9 Å². The van der Waals surface area contributed by atoms with Crippen LogP contribution in [0.3, 0.4) is 0 Å². The molecule has 3 N–H and O–H groups in total. The third kappa shape index (κ3) is 4.15. The lowest BCUT2D eigenvalue weighted by molar-refractivity contribution is 0.687. The minimum absolute atomic E-state index is 0.489. The lowest BCUT2D eigenvalue weighted by Gasteiger charge is -2.19. The van der Waals surface area contributed by atoms with E-state index >= 15 is 0 Å². The first-order chi connectivity index (χ1) is 11.6. The van der Waals surface area contributed by atoms with Crippen LogP contribution in [-0.4, -0.2) is 17.5 Å². The van der Waals surface area contributed by atoms with E-state index in [9.17, 15) is 0 Å². The van der Waals surface area contributed by atoms with Crippen LogP contribution in [0, 0.1) is 0 Å². The molecule has 0 atom stereocenters. The first-order valence-corrected chi connectivity index (χ1v) is 9.63. The highest BCUT2D eigenvalue weighted by molar-refractivity contribution is 7.09. The van der Waals surface area contributed by atoms with E-state index in [1.807, 2.05) is 0 Å². The molecule has 1 aromatic carbocycles. The van der Waals surface area contributed by atoms with Gasteiger partial charge in [-0.2, -0.15) is 0 Å². The second kappa shape index (κ2) is 7.79. The molecule has 0 bridgehead atoms. The van der Waals surface area contributed by atoms with Crippen molar-refractivity contribution >= 4 is 23.0 Å². The fraction of sp³-hybridized carbons (Fsp3) is 0.474. The number of aryl methyl sites for hydroxylation is 1. The number of benzene rings is 1. The first kappa shape index (κ1) is 17.0. The Morgan fingerprint density at radius 2 is 2.17 bits per heavy atom. The van der Waals surface area contributed by atoms with Gasteiger partial charge in [0.05, 0.1) is 10.7 Å². The van der Waals surface area contributed by atoms with Crippen molar-refractivity contribution in [2.24, 2.45) is 10.7 Å². The molecular formula is C19H26N4S. The summed E-state index contributed by atoms with van der Waals surface area (Å²) in [6, 6.07) is 6.42. The van der Waals surface area contributed by atoms with Gasteiger partial charge in [0.25, 0.3) is 0 Å². The molecule has 0 spiro atoms. The van der Waals surface area contributed by atoms with Crippen LogP contribution in [0.5, 0.6) is 0 Å². The Morgan fingerprint density at radius 1 is 1.33 bits per heavy atom. The molecule has 0 fully saturated rings. The highest BCUT2D eigenvalue weighted by atomic mass is 32.1. The number of thiazole rings is 1. The Morgan fingerprint density at radius 3 is 2.96 bits per heavy atom. The molecule has 0 saturated heterocycles. The Hall–Kier alpha value is -1.88. The summed E-state index contributed by atoms with van der Waals surface area (Å²) >= 11 is 1.73. The largest absolute Gasteiger partial charge is 0.370 e. The molecular weight excluding hydrogens is 316 g/mol. The number of anilines is 1. The van der Waals surface area contributed by atoms with Gasteiger partial charge in [-0.15, -0.1) is 11.3 Å². The number of nitrogens with one attached hydrogen (secondary N) is 1. The maximum Gasteiger partial charge on any atom is 0.193 e. The summed E-state index contributed by atoms with van der Waals surface area (Å²) in [7, 11) is 0. The molecule has 128 valence electrons. The summed E-state index contributed by atoms with van der Waals surface area (Å²) in [6.45, 7) is 5.00. The van der Waals surface area contributed by atoms with Crippen LogP contribution < -0.4 is 11.1 Å². The highest BCUT2D eigenvalue weighted by Gasteiger charge is 2.13. The monoisotopic (exact) mass is 342 g/mol. The van der Waals surface area contributed by atoms with Gasteiger partial charge in [0.1, 0.15) is 0 Å². The van der Waals surface area contributed by atoms with E-state index in [0.717, 1.165) is 24.2 Å².